The molecule has 3 rings (SSSR count). The van der Waals surface area contributed by atoms with Crippen molar-refractivity contribution in [3.63, 3.8) is 0 Å². The summed E-state index contributed by atoms with van der Waals surface area (Å²) in [5.41, 5.74) is 8.03. The third kappa shape index (κ3) is 1.95. The monoisotopic (exact) mass is 263 g/mol. The molecule has 3 N–H and O–H groups in total. The first kappa shape index (κ1) is 12.9. The van der Waals surface area contributed by atoms with E-state index in [9.17, 15) is 9.50 Å². The first-order chi connectivity index (χ1) is 9.02. The molecule has 0 spiro atoms. The predicted molar refractivity (Wildman–Crippen MR) is 73.7 cm³/mol. The number of fused-ring (bicyclic) bond motifs is 4. The number of phenolic OH excluding ortho intramolecular Hbond substituents is 1. The van der Waals surface area contributed by atoms with Crippen LogP contribution in [0.15, 0.2) is 12.1 Å². The molecule has 2 nitrogen and oxygen atoms in total. The number of hydrogen-bond donors (Lipinski definition) is 2. The zero-order chi connectivity index (χ0) is 13.6. The van der Waals surface area contributed by atoms with E-state index in [0.717, 1.165) is 36.8 Å². The van der Waals surface area contributed by atoms with E-state index in [1.54, 1.807) is 6.07 Å². The summed E-state index contributed by atoms with van der Waals surface area (Å²) in [6.07, 6.45) is 6.36. The summed E-state index contributed by atoms with van der Waals surface area (Å²) < 4.78 is 14.2. The first-order valence-corrected chi connectivity index (χ1v) is 7.30. The summed E-state index contributed by atoms with van der Waals surface area (Å²) >= 11 is 0. The van der Waals surface area contributed by atoms with Gasteiger partial charge in [0.05, 0.1) is 0 Å². The Morgan fingerprint density at radius 2 is 2.11 bits per heavy atom. The normalized spacial score (nSPS) is 34.3. The van der Waals surface area contributed by atoms with Crippen molar-refractivity contribution in [1.82, 2.24) is 0 Å². The molecule has 0 aromatic heterocycles. The van der Waals surface area contributed by atoms with Gasteiger partial charge in [-0.25, -0.2) is 4.39 Å². The second-order valence-electron chi connectivity index (χ2n) is 6.46. The highest BCUT2D eigenvalue weighted by molar-refractivity contribution is 5.44. The maximum atomic E-state index is 14.2. The summed E-state index contributed by atoms with van der Waals surface area (Å²) in [5.74, 6) is 0.126. The van der Waals surface area contributed by atoms with Crippen LogP contribution in [0.1, 0.15) is 50.2 Å². The number of aromatic hydroxyl groups is 1. The van der Waals surface area contributed by atoms with E-state index < -0.39 is 0 Å². The van der Waals surface area contributed by atoms with Gasteiger partial charge in [0.1, 0.15) is 11.6 Å². The standard InChI is InChI=1S/C16H22FNO/c1-16-6-4-2-3-5-10(15(16)18)7-12-13(16)8-11(19)9-14(12)17/h8-10,15,19H,2-7,18H2,1H3/t10-,15+,16+/m1/s1. The number of phenols is 1. The second kappa shape index (κ2) is 4.48. The lowest BCUT2D eigenvalue weighted by molar-refractivity contribution is 0.198. The Labute approximate surface area is 113 Å². The molecule has 1 aromatic carbocycles. The highest BCUT2D eigenvalue weighted by atomic mass is 19.1. The van der Waals surface area contributed by atoms with Crippen molar-refractivity contribution >= 4 is 0 Å². The van der Waals surface area contributed by atoms with E-state index in [1.165, 1.54) is 18.9 Å². The van der Waals surface area contributed by atoms with Crippen LogP contribution >= 0.6 is 0 Å². The van der Waals surface area contributed by atoms with Gasteiger partial charge >= 0.3 is 0 Å². The van der Waals surface area contributed by atoms with E-state index in [2.05, 4.69) is 6.92 Å². The maximum Gasteiger partial charge on any atom is 0.130 e. The molecule has 0 unspecified atom stereocenters. The average Bonchev–Trinajstić information content (AvgIpc) is 2.35. The fraction of sp³-hybridized carbons (Fsp3) is 0.625. The van der Waals surface area contributed by atoms with Crippen molar-refractivity contribution in [1.29, 1.82) is 0 Å². The second-order valence-corrected chi connectivity index (χ2v) is 6.46. The molecule has 0 heterocycles. The molecular formula is C16H22FNO. The molecule has 1 saturated carbocycles. The zero-order valence-electron chi connectivity index (χ0n) is 11.5. The zero-order valence-corrected chi connectivity index (χ0v) is 11.5. The van der Waals surface area contributed by atoms with Gasteiger partial charge in [-0.05, 0) is 42.4 Å². The highest BCUT2D eigenvalue weighted by Crippen LogP contribution is 2.47. The molecule has 1 aromatic rings. The summed E-state index contributed by atoms with van der Waals surface area (Å²) in [4.78, 5) is 0. The number of halogens is 1. The third-order valence-electron chi connectivity index (χ3n) is 5.28. The Kier molecular flexibility index (Phi) is 3.05. The predicted octanol–water partition coefficient (Wildman–Crippen LogP) is 3.25. The van der Waals surface area contributed by atoms with Crippen LogP contribution in [0.3, 0.4) is 0 Å². The maximum absolute atomic E-state index is 14.2. The molecule has 3 atom stereocenters. The van der Waals surface area contributed by atoms with E-state index >= 15 is 0 Å². The molecule has 1 fully saturated rings. The van der Waals surface area contributed by atoms with Crippen LogP contribution in [0.5, 0.6) is 5.75 Å². The van der Waals surface area contributed by atoms with Crippen LogP contribution in [0.4, 0.5) is 4.39 Å². The van der Waals surface area contributed by atoms with Crippen LogP contribution in [-0.4, -0.2) is 11.1 Å². The van der Waals surface area contributed by atoms with Crippen LogP contribution < -0.4 is 5.73 Å². The van der Waals surface area contributed by atoms with Crippen molar-refractivity contribution in [2.24, 2.45) is 11.7 Å². The summed E-state index contributed by atoms with van der Waals surface area (Å²) in [6.45, 7) is 2.15. The van der Waals surface area contributed by atoms with Crippen molar-refractivity contribution in [2.75, 3.05) is 0 Å². The lowest BCUT2D eigenvalue weighted by Gasteiger charge is -2.47. The van der Waals surface area contributed by atoms with Gasteiger partial charge < -0.3 is 10.8 Å². The SMILES string of the molecule is C[C@]12CCCCC[C@H](Cc3c(F)cc(O)cc31)[C@@H]2N. The molecule has 3 heteroatoms. The largest absolute Gasteiger partial charge is 0.508 e. The van der Waals surface area contributed by atoms with Gasteiger partial charge in [0, 0.05) is 17.5 Å². The fourth-order valence-electron chi connectivity index (χ4n) is 4.09. The molecule has 0 amide bonds. The molecule has 2 bridgehead atoms. The summed E-state index contributed by atoms with van der Waals surface area (Å²) in [5, 5.41) is 9.71. The Balaban J connectivity index is 2.17. The van der Waals surface area contributed by atoms with E-state index in [4.69, 9.17) is 5.73 Å². The van der Waals surface area contributed by atoms with Crippen LogP contribution in [0, 0.1) is 11.7 Å². The van der Waals surface area contributed by atoms with E-state index in [0.29, 0.717) is 5.92 Å². The third-order valence-corrected chi connectivity index (χ3v) is 5.28. The van der Waals surface area contributed by atoms with E-state index in [1.807, 2.05) is 0 Å². The first-order valence-electron chi connectivity index (χ1n) is 7.30. The van der Waals surface area contributed by atoms with Crippen LogP contribution in [0.2, 0.25) is 0 Å². The van der Waals surface area contributed by atoms with Gasteiger partial charge in [0.2, 0.25) is 0 Å². The quantitative estimate of drug-likeness (QED) is 0.754. The number of nitrogens with two attached hydrogens (primary N) is 1. The molecule has 104 valence electrons. The summed E-state index contributed by atoms with van der Waals surface area (Å²) in [6, 6.07) is 3.04. The molecule has 0 saturated heterocycles. The lowest BCUT2D eigenvalue weighted by atomic mass is 9.60. The van der Waals surface area contributed by atoms with Crippen molar-refractivity contribution in [3.05, 3.63) is 29.1 Å². The van der Waals surface area contributed by atoms with Gasteiger partial charge in [0.15, 0.2) is 0 Å². The molecule has 0 aliphatic heterocycles. The minimum absolute atomic E-state index is 0.0187. The van der Waals surface area contributed by atoms with Crippen molar-refractivity contribution in [3.8, 4) is 5.75 Å². The highest BCUT2D eigenvalue weighted by Gasteiger charge is 2.44. The smallest absolute Gasteiger partial charge is 0.130 e. The number of rotatable bonds is 0. The minimum Gasteiger partial charge on any atom is -0.508 e. The van der Waals surface area contributed by atoms with Crippen LogP contribution in [0.25, 0.3) is 0 Å². The van der Waals surface area contributed by atoms with Gasteiger partial charge in [0.25, 0.3) is 0 Å². The lowest BCUT2D eigenvalue weighted by Crippen LogP contribution is -2.53. The van der Waals surface area contributed by atoms with Crippen molar-refractivity contribution < 1.29 is 9.50 Å². The van der Waals surface area contributed by atoms with Gasteiger partial charge in [-0.1, -0.05) is 26.2 Å². The molecule has 19 heavy (non-hydrogen) atoms. The number of hydrogen-bond acceptors (Lipinski definition) is 2. The number of benzene rings is 1. The molecule has 2 aliphatic rings. The Morgan fingerprint density at radius 3 is 2.89 bits per heavy atom. The Morgan fingerprint density at radius 1 is 1.32 bits per heavy atom. The molecule has 2 aliphatic carbocycles. The summed E-state index contributed by atoms with van der Waals surface area (Å²) in [7, 11) is 0. The topological polar surface area (TPSA) is 46.2 Å². The van der Waals surface area contributed by atoms with E-state index in [-0.39, 0.29) is 23.0 Å². The average molecular weight is 263 g/mol. The van der Waals surface area contributed by atoms with Gasteiger partial charge in [-0.15, -0.1) is 0 Å². The van der Waals surface area contributed by atoms with Gasteiger partial charge in [-0.2, -0.15) is 0 Å². The Bertz CT molecular complexity index is 502. The minimum atomic E-state index is -0.265. The van der Waals surface area contributed by atoms with Gasteiger partial charge in [-0.3, -0.25) is 0 Å². The molecule has 0 radical (unpaired) electrons. The Hall–Kier alpha value is -1.09. The van der Waals surface area contributed by atoms with Crippen LogP contribution in [-0.2, 0) is 11.8 Å². The van der Waals surface area contributed by atoms with Crippen molar-refractivity contribution in [2.45, 2.75) is 56.9 Å². The fourth-order valence-corrected chi connectivity index (χ4v) is 4.09. The molecular weight excluding hydrogens is 241 g/mol.